The third-order valence-electron chi connectivity index (χ3n) is 2.27. The van der Waals surface area contributed by atoms with Crippen LogP contribution >= 0.6 is 0 Å². The van der Waals surface area contributed by atoms with Crippen LogP contribution in [0.4, 0.5) is 0 Å². The molecule has 0 bridgehead atoms. The largest absolute Gasteiger partial charge is 0.393 e. The smallest absolute Gasteiger partial charge is 0.0621 e. The van der Waals surface area contributed by atoms with Crippen LogP contribution in [0.5, 0.6) is 0 Å². The summed E-state index contributed by atoms with van der Waals surface area (Å²) in [6.07, 6.45) is 0.581. The summed E-state index contributed by atoms with van der Waals surface area (Å²) < 4.78 is 5.39. The summed E-state index contributed by atoms with van der Waals surface area (Å²) in [5, 5.41) is 12.5. The Bertz CT molecular complexity index is 126. The van der Waals surface area contributed by atoms with Gasteiger partial charge in [-0.3, -0.25) is 0 Å². The Morgan fingerprint density at radius 3 is 2.36 bits per heavy atom. The zero-order valence-electron chi connectivity index (χ0n) is 9.92. The zero-order chi connectivity index (χ0) is 11.0. The Labute approximate surface area is 87.8 Å². The number of nitrogens with one attached hydrogen (secondary N) is 1. The Morgan fingerprint density at radius 1 is 1.29 bits per heavy atom. The standard InChI is InChI=1S/C11H25NO2/c1-5-14-8-11(9(2)3)12-7-6-10(4)13/h9-13H,5-8H2,1-4H3. The molecule has 0 aliphatic carbocycles. The molecule has 86 valence electrons. The summed E-state index contributed by atoms with van der Waals surface area (Å²) in [5.41, 5.74) is 0. The summed E-state index contributed by atoms with van der Waals surface area (Å²) in [4.78, 5) is 0. The van der Waals surface area contributed by atoms with E-state index >= 15 is 0 Å². The van der Waals surface area contributed by atoms with Crippen molar-refractivity contribution < 1.29 is 9.84 Å². The number of rotatable bonds is 8. The van der Waals surface area contributed by atoms with E-state index in [1.807, 2.05) is 13.8 Å². The third-order valence-corrected chi connectivity index (χ3v) is 2.27. The van der Waals surface area contributed by atoms with Gasteiger partial charge in [-0.2, -0.15) is 0 Å². The van der Waals surface area contributed by atoms with Gasteiger partial charge < -0.3 is 15.2 Å². The molecule has 0 aromatic carbocycles. The summed E-state index contributed by atoms with van der Waals surface area (Å²) >= 11 is 0. The van der Waals surface area contributed by atoms with Gasteiger partial charge in [-0.1, -0.05) is 13.8 Å². The Kier molecular flexibility index (Phi) is 8.14. The highest BCUT2D eigenvalue weighted by molar-refractivity contribution is 4.70. The molecule has 0 heterocycles. The zero-order valence-corrected chi connectivity index (χ0v) is 9.92. The van der Waals surface area contributed by atoms with Gasteiger partial charge in [-0.05, 0) is 32.7 Å². The molecular formula is C11H25NO2. The van der Waals surface area contributed by atoms with Gasteiger partial charge in [-0.25, -0.2) is 0 Å². The van der Waals surface area contributed by atoms with Crippen molar-refractivity contribution in [2.45, 2.75) is 46.3 Å². The number of hydrogen-bond acceptors (Lipinski definition) is 3. The lowest BCUT2D eigenvalue weighted by Gasteiger charge is -2.22. The van der Waals surface area contributed by atoms with Gasteiger partial charge in [0.15, 0.2) is 0 Å². The molecule has 0 amide bonds. The van der Waals surface area contributed by atoms with Crippen LogP contribution in [0.15, 0.2) is 0 Å². The van der Waals surface area contributed by atoms with E-state index in [1.54, 1.807) is 0 Å². The minimum Gasteiger partial charge on any atom is -0.393 e. The highest BCUT2D eigenvalue weighted by atomic mass is 16.5. The number of aliphatic hydroxyl groups excluding tert-OH is 1. The first-order valence-corrected chi connectivity index (χ1v) is 5.57. The molecule has 0 aliphatic heterocycles. The molecule has 2 unspecified atom stereocenters. The number of aliphatic hydroxyl groups is 1. The van der Waals surface area contributed by atoms with Crippen molar-refractivity contribution in [2.75, 3.05) is 19.8 Å². The van der Waals surface area contributed by atoms with E-state index in [9.17, 15) is 0 Å². The van der Waals surface area contributed by atoms with Gasteiger partial charge in [0.25, 0.3) is 0 Å². The highest BCUT2D eigenvalue weighted by Gasteiger charge is 2.12. The van der Waals surface area contributed by atoms with Gasteiger partial charge in [0.2, 0.25) is 0 Å². The van der Waals surface area contributed by atoms with Crippen LogP contribution in [-0.2, 0) is 4.74 Å². The van der Waals surface area contributed by atoms with Gasteiger partial charge in [0, 0.05) is 12.6 Å². The van der Waals surface area contributed by atoms with E-state index in [0.29, 0.717) is 12.0 Å². The van der Waals surface area contributed by atoms with Gasteiger partial charge in [0.05, 0.1) is 12.7 Å². The molecule has 2 atom stereocenters. The lowest BCUT2D eigenvalue weighted by atomic mass is 10.1. The van der Waals surface area contributed by atoms with Crippen molar-refractivity contribution >= 4 is 0 Å². The fraction of sp³-hybridized carbons (Fsp3) is 1.00. The van der Waals surface area contributed by atoms with E-state index in [2.05, 4.69) is 19.2 Å². The molecule has 0 aromatic heterocycles. The van der Waals surface area contributed by atoms with Crippen LogP contribution in [0.2, 0.25) is 0 Å². The molecule has 0 aromatic rings. The monoisotopic (exact) mass is 203 g/mol. The first-order chi connectivity index (χ1) is 6.57. The van der Waals surface area contributed by atoms with Gasteiger partial charge in [-0.15, -0.1) is 0 Å². The maximum Gasteiger partial charge on any atom is 0.0621 e. The van der Waals surface area contributed by atoms with E-state index in [1.165, 1.54) is 0 Å². The molecule has 0 rings (SSSR count). The van der Waals surface area contributed by atoms with Crippen LogP contribution in [0, 0.1) is 5.92 Å². The predicted molar refractivity (Wildman–Crippen MR) is 59.4 cm³/mol. The summed E-state index contributed by atoms with van der Waals surface area (Å²) in [6.45, 7) is 10.6. The van der Waals surface area contributed by atoms with Crippen molar-refractivity contribution in [3.05, 3.63) is 0 Å². The SMILES string of the molecule is CCOCC(NCCC(C)O)C(C)C. The maximum atomic E-state index is 9.11. The van der Waals surface area contributed by atoms with Crippen LogP contribution < -0.4 is 5.32 Å². The third kappa shape index (κ3) is 7.30. The molecular weight excluding hydrogens is 178 g/mol. The quantitative estimate of drug-likeness (QED) is 0.626. The maximum absolute atomic E-state index is 9.11. The first-order valence-electron chi connectivity index (χ1n) is 5.57. The van der Waals surface area contributed by atoms with Crippen LogP contribution in [-0.4, -0.2) is 37.0 Å². The van der Waals surface area contributed by atoms with Crippen LogP contribution in [0.3, 0.4) is 0 Å². The molecule has 14 heavy (non-hydrogen) atoms. The molecule has 3 nitrogen and oxygen atoms in total. The highest BCUT2D eigenvalue weighted by Crippen LogP contribution is 2.02. The van der Waals surface area contributed by atoms with Gasteiger partial charge in [0.1, 0.15) is 0 Å². The van der Waals surface area contributed by atoms with Crippen molar-refractivity contribution in [3.63, 3.8) is 0 Å². The van der Waals surface area contributed by atoms with Crippen molar-refractivity contribution in [1.29, 1.82) is 0 Å². The van der Waals surface area contributed by atoms with Crippen molar-refractivity contribution in [3.8, 4) is 0 Å². The molecule has 0 saturated heterocycles. The molecule has 0 spiro atoms. The van der Waals surface area contributed by atoms with Crippen molar-refractivity contribution in [2.24, 2.45) is 5.92 Å². The minimum absolute atomic E-state index is 0.220. The van der Waals surface area contributed by atoms with Gasteiger partial charge >= 0.3 is 0 Å². The van der Waals surface area contributed by atoms with E-state index in [-0.39, 0.29) is 6.10 Å². The second kappa shape index (κ2) is 8.21. The Morgan fingerprint density at radius 2 is 1.93 bits per heavy atom. The average Bonchev–Trinajstić information content (AvgIpc) is 2.09. The lowest BCUT2D eigenvalue weighted by Crippen LogP contribution is -2.39. The van der Waals surface area contributed by atoms with E-state index in [0.717, 1.165) is 26.2 Å². The summed E-state index contributed by atoms with van der Waals surface area (Å²) in [7, 11) is 0. The lowest BCUT2D eigenvalue weighted by molar-refractivity contribution is 0.105. The molecule has 0 radical (unpaired) electrons. The Hall–Kier alpha value is -0.120. The molecule has 0 fully saturated rings. The second-order valence-corrected chi connectivity index (χ2v) is 4.10. The molecule has 3 heteroatoms. The average molecular weight is 203 g/mol. The predicted octanol–water partition coefficient (Wildman–Crippen LogP) is 1.41. The first kappa shape index (κ1) is 13.9. The fourth-order valence-electron chi connectivity index (χ4n) is 1.21. The van der Waals surface area contributed by atoms with Crippen LogP contribution in [0.1, 0.15) is 34.1 Å². The molecule has 0 aliphatic rings. The normalized spacial score (nSPS) is 15.9. The summed E-state index contributed by atoms with van der Waals surface area (Å²) in [5.74, 6) is 0.565. The summed E-state index contributed by atoms with van der Waals surface area (Å²) in [6, 6.07) is 0.397. The topological polar surface area (TPSA) is 41.5 Å². The fourth-order valence-corrected chi connectivity index (χ4v) is 1.21. The molecule has 2 N–H and O–H groups in total. The van der Waals surface area contributed by atoms with E-state index < -0.39 is 0 Å². The minimum atomic E-state index is -0.220. The van der Waals surface area contributed by atoms with Crippen molar-refractivity contribution in [1.82, 2.24) is 5.32 Å². The van der Waals surface area contributed by atoms with Crippen LogP contribution in [0.25, 0.3) is 0 Å². The number of ether oxygens (including phenoxy) is 1. The van der Waals surface area contributed by atoms with E-state index in [4.69, 9.17) is 9.84 Å². The second-order valence-electron chi connectivity index (χ2n) is 4.10. The molecule has 0 saturated carbocycles. The number of hydrogen-bond donors (Lipinski definition) is 2. The Balaban J connectivity index is 3.62.